The second kappa shape index (κ2) is 6.74. The van der Waals surface area contributed by atoms with Gasteiger partial charge in [0.2, 0.25) is 0 Å². The number of aliphatic hydroxyl groups is 1. The van der Waals surface area contributed by atoms with Crippen molar-refractivity contribution in [2.45, 2.75) is 26.5 Å². The molecule has 5 nitrogen and oxygen atoms in total. The van der Waals surface area contributed by atoms with Gasteiger partial charge in [-0.05, 0) is 13.8 Å². The molecule has 0 fully saturated rings. The first-order valence-corrected chi connectivity index (χ1v) is 5.86. The second-order valence-corrected chi connectivity index (χ2v) is 4.30. The molecular weight excluding hydrogens is 242 g/mol. The molecule has 1 rings (SSSR count). The van der Waals surface area contributed by atoms with E-state index in [9.17, 15) is 0 Å². The molecule has 17 heavy (non-hydrogen) atoms. The van der Waals surface area contributed by atoms with Crippen molar-refractivity contribution < 1.29 is 9.84 Å². The van der Waals surface area contributed by atoms with Crippen LogP contribution in [-0.2, 0) is 11.3 Å². The van der Waals surface area contributed by atoms with E-state index in [4.69, 9.17) is 21.4 Å². The summed E-state index contributed by atoms with van der Waals surface area (Å²) >= 11 is 5.94. The fourth-order valence-electron chi connectivity index (χ4n) is 1.54. The molecule has 0 saturated heterocycles. The summed E-state index contributed by atoms with van der Waals surface area (Å²) in [5.41, 5.74) is 0. The van der Waals surface area contributed by atoms with Gasteiger partial charge in [0.15, 0.2) is 5.82 Å². The Kier molecular flexibility index (Phi) is 5.61. The molecular formula is C11H18ClN3O2. The van der Waals surface area contributed by atoms with Gasteiger partial charge >= 0.3 is 0 Å². The Hall–Kier alpha value is -0.910. The van der Waals surface area contributed by atoms with Crippen LogP contribution in [0.25, 0.3) is 0 Å². The Balaban J connectivity index is 3.00. The van der Waals surface area contributed by atoms with Crippen molar-refractivity contribution in [1.82, 2.24) is 9.97 Å². The molecule has 1 aromatic heterocycles. The second-order valence-electron chi connectivity index (χ2n) is 3.91. The zero-order valence-electron chi connectivity index (χ0n) is 10.4. The number of hydrogen-bond acceptors (Lipinski definition) is 5. The Morgan fingerprint density at radius 2 is 2.18 bits per heavy atom. The highest BCUT2D eigenvalue weighted by atomic mass is 35.5. The lowest BCUT2D eigenvalue weighted by Gasteiger charge is -2.27. The van der Waals surface area contributed by atoms with E-state index in [0.29, 0.717) is 29.9 Å². The first-order chi connectivity index (χ1) is 8.08. The van der Waals surface area contributed by atoms with Gasteiger partial charge in [-0.3, -0.25) is 0 Å². The molecule has 1 N–H and O–H groups in total. The lowest BCUT2D eigenvalue weighted by atomic mass is 10.3. The molecule has 1 heterocycles. The molecule has 1 aromatic rings. The van der Waals surface area contributed by atoms with Crippen LogP contribution < -0.4 is 4.90 Å². The Labute approximate surface area is 106 Å². The number of halogens is 1. The molecule has 0 aliphatic rings. The Morgan fingerprint density at radius 1 is 1.47 bits per heavy atom. The van der Waals surface area contributed by atoms with Crippen molar-refractivity contribution >= 4 is 17.4 Å². The van der Waals surface area contributed by atoms with Crippen LogP contribution >= 0.6 is 11.6 Å². The number of ether oxygens (including phenoxy) is 1. The molecule has 0 aliphatic heterocycles. The van der Waals surface area contributed by atoms with Gasteiger partial charge in [0.25, 0.3) is 0 Å². The van der Waals surface area contributed by atoms with Crippen molar-refractivity contribution in [1.29, 1.82) is 0 Å². The van der Waals surface area contributed by atoms with E-state index >= 15 is 0 Å². The minimum Gasteiger partial charge on any atom is -0.395 e. The number of aliphatic hydroxyl groups excluding tert-OH is 1. The first-order valence-electron chi connectivity index (χ1n) is 5.48. The van der Waals surface area contributed by atoms with E-state index in [0.717, 1.165) is 0 Å². The van der Waals surface area contributed by atoms with Gasteiger partial charge < -0.3 is 14.7 Å². The Bertz CT molecular complexity index is 361. The minimum absolute atomic E-state index is 0.0689. The van der Waals surface area contributed by atoms with E-state index in [1.807, 2.05) is 18.7 Å². The largest absolute Gasteiger partial charge is 0.395 e. The topological polar surface area (TPSA) is 58.5 Å². The summed E-state index contributed by atoms with van der Waals surface area (Å²) in [6.07, 6.45) is 0. The summed E-state index contributed by atoms with van der Waals surface area (Å²) in [6.45, 7) is 4.96. The van der Waals surface area contributed by atoms with E-state index in [2.05, 4.69) is 9.97 Å². The summed E-state index contributed by atoms with van der Waals surface area (Å²) in [5.74, 6) is 1.25. The summed E-state index contributed by atoms with van der Waals surface area (Å²) in [4.78, 5) is 10.4. The SMILES string of the molecule is COCc1nc(Cl)cc(N(CCO)C(C)C)n1. The maximum Gasteiger partial charge on any atom is 0.158 e. The van der Waals surface area contributed by atoms with Gasteiger partial charge in [0.05, 0.1) is 6.61 Å². The summed E-state index contributed by atoms with van der Waals surface area (Å²) < 4.78 is 4.99. The normalized spacial score (nSPS) is 10.9. The maximum atomic E-state index is 9.05. The smallest absolute Gasteiger partial charge is 0.158 e. The van der Waals surface area contributed by atoms with Gasteiger partial charge in [-0.1, -0.05) is 11.6 Å². The van der Waals surface area contributed by atoms with Crippen LogP contribution in [0.2, 0.25) is 5.15 Å². The molecule has 0 spiro atoms. The Morgan fingerprint density at radius 3 is 2.71 bits per heavy atom. The van der Waals surface area contributed by atoms with Gasteiger partial charge in [0.1, 0.15) is 17.6 Å². The molecule has 0 saturated carbocycles. The molecule has 0 bridgehead atoms. The van der Waals surface area contributed by atoms with Crippen LogP contribution in [0.15, 0.2) is 6.07 Å². The zero-order chi connectivity index (χ0) is 12.8. The minimum atomic E-state index is 0.0689. The van der Waals surface area contributed by atoms with Crippen LogP contribution in [-0.4, -0.2) is 41.4 Å². The van der Waals surface area contributed by atoms with Crippen molar-refractivity contribution in [3.63, 3.8) is 0 Å². The van der Waals surface area contributed by atoms with Crippen molar-refractivity contribution in [3.8, 4) is 0 Å². The highest BCUT2D eigenvalue weighted by Crippen LogP contribution is 2.18. The fourth-order valence-corrected chi connectivity index (χ4v) is 1.73. The van der Waals surface area contributed by atoms with E-state index in [-0.39, 0.29) is 12.6 Å². The van der Waals surface area contributed by atoms with Gasteiger partial charge in [0, 0.05) is 25.8 Å². The summed E-state index contributed by atoms with van der Waals surface area (Å²) in [5, 5.41) is 9.43. The van der Waals surface area contributed by atoms with Crippen LogP contribution in [0.5, 0.6) is 0 Å². The third-order valence-corrected chi connectivity index (χ3v) is 2.45. The standard InChI is InChI=1S/C11H18ClN3O2/c1-8(2)15(4-5-16)11-6-9(12)13-10(14-11)7-17-3/h6,8,16H,4-5,7H2,1-3H3. The third kappa shape index (κ3) is 4.11. The first kappa shape index (κ1) is 14.2. The zero-order valence-corrected chi connectivity index (χ0v) is 11.1. The van der Waals surface area contributed by atoms with Crippen LogP contribution in [0.1, 0.15) is 19.7 Å². The highest BCUT2D eigenvalue weighted by Gasteiger charge is 2.13. The fraction of sp³-hybridized carbons (Fsp3) is 0.636. The molecule has 6 heteroatoms. The van der Waals surface area contributed by atoms with Crippen molar-refractivity contribution in [2.24, 2.45) is 0 Å². The van der Waals surface area contributed by atoms with E-state index in [1.54, 1.807) is 13.2 Å². The molecule has 0 amide bonds. The van der Waals surface area contributed by atoms with Crippen LogP contribution in [0, 0.1) is 0 Å². The van der Waals surface area contributed by atoms with Crippen LogP contribution in [0.3, 0.4) is 0 Å². The van der Waals surface area contributed by atoms with E-state index in [1.165, 1.54) is 0 Å². The molecule has 0 unspecified atom stereocenters. The molecule has 0 aliphatic carbocycles. The molecule has 0 radical (unpaired) electrons. The monoisotopic (exact) mass is 259 g/mol. The van der Waals surface area contributed by atoms with Crippen molar-refractivity contribution in [3.05, 3.63) is 17.0 Å². The number of rotatable bonds is 6. The van der Waals surface area contributed by atoms with E-state index < -0.39 is 0 Å². The van der Waals surface area contributed by atoms with Gasteiger partial charge in [-0.2, -0.15) is 0 Å². The number of aromatic nitrogens is 2. The predicted octanol–water partition coefficient (Wildman–Crippen LogP) is 1.48. The molecule has 0 aromatic carbocycles. The highest BCUT2D eigenvalue weighted by molar-refractivity contribution is 6.29. The van der Waals surface area contributed by atoms with Crippen molar-refractivity contribution in [2.75, 3.05) is 25.2 Å². The molecule has 0 atom stereocenters. The average Bonchev–Trinajstić information content (AvgIpc) is 2.25. The van der Waals surface area contributed by atoms with Gasteiger partial charge in [-0.15, -0.1) is 0 Å². The quantitative estimate of drug-likeness (QED) is 0.785. The average molecular weight is 260 g/mol. The lowest BCUT2D eigenvalue weighted by molar-refractivity contribution is 0.178. The van der Waals surface area contributed by atoms with Crippen LogP contribution in [0.4, 0.5) is 5.82 Å². The van der Waals surface area contributed by atoms with Gasteiger partial charge in [-0.25, -0.2) is 9.97 Å². The maximum absolute atomic E-state index is 9.05. The summed E-state index contributed by atoms with van der Waals surface area (Å²) in [6, 6.07) is 1.92. The number of hydrogen-bond donors (Lipinski definition) is 1. The number of nitrogens with zero attached hydrogens (tertiary/aromatic N) is 3. The summed E-state index contributed by atoms with van der Waals surface area (Å²) in [7, 11) is 1.58. The molecule has 96 valence electrons. The number of anilines is 1. The lowest BCUT2D eigenvalue weighted by Crippen LogP contribution is -2.34. The predicted molar refractivity (Wildman–Crippen MR) is 67.3 cm³/mol. The third-order valence-electron chi connectivity index (χ3n) is 2.26. The number of methoxy groups -OCH3 is 1.